The normalized spacial score (nSPS) is 27.7. The molecule has 2 atom stereocenters. The number of hydrogen-bond acceptors (Lipinski definition) is 5. The molecule has 0 spiro atoms. The minimum absolute atomic E-state index is 0.0624. The third-order valence-corrected chi connectivity index (χ3v) is 6.12. The van der Waals surface area contributed by atoms with Crippen LogP contribution in [0.3, 0.4) is 0 Å². The summed E-state index contributed by atoms with van der Waals surface area (Å²) in [4.78, 5) is 32.9. The van der Waals surface area contributed by atoms with Crippen LogP contribution < -0.4 is 5.73 Å². The Morgan fingerprint density at radius 1 is 1.20 bits per heavy atom. The van der Waals surface area contributed by atoms with E-state index in [0.717, 1.165) is 51.9 Å². The van der Waals surface area contributed by atoms with Crippen molar-refractivity contribution in [2.45, 2.75) is 39.2 Å². The number of nitrogens with two attached hydrogens (primary N) is 1. The molecule has 2 unspecified atom stereocenters. The van der Waals surface area contributed by atoms with Gasteiger partial charge in [-0.3, -0.25) is 9.59 Å². The molecule has 3 aliphatic rings. The fraction of sp³-hybridized carbons (Fsp3) is 0.765. The number of fused-ring (bicyclic) bond motifs is 1. The van der Waals surface area contributed by atoms with E-state index in [0.29, 0.717) is 17.7 Å². The van der Waals surface area contributed by atoms with E-state index in [2.05, 4.69) is 21.9 Å². The van der Waals surface area contributed by atoms with Crippen LogP contribution in [0.1, 0.15) is 32.6 Å². The van der Waals surface area contributed by atoms with Gasteiger partial charge in [-0.2, -0.15) is 0 Å². The lowest BCUT2D eigenvalue weighted by molar-refractivity contribution is -0.143. The summed E-state index contributed by atoms with van der Waals surface area (Å²) in [6.45, 7) is 5.50. The van der Waals surface area contributed by atoms with Crippen LogP contribution in [0.2, 0.25) is 0 Å². The average molecular weight is 346 g/mol. The maximum Gasteiger partial charge on any atom is 0.244 e. The topological polar surface area (TPSA) is 97.4 Å². The van der Waals surface area contributed by atoms with E-state index < -0.39 is 0 Å². The Kier molecular flexibility index (Phi) is 3.92. The second kappa shape index (κ2) is 6.00. The summed E-state index contributed by atoms with van der Waals surface area (Å²) in [6, 6.07) is 0. The van der Waals surface area contributed by atoms with Crippen molar-refractivity contribution in [1.29, 1.82) is 0 Å². The first-order valence-corrected chi connectivity index (χ1v) is 9.17. The van der Waals surface area contributed by atoms with Gasteiger partial charge in [0.05, 0.1) is 0 Å². The van der Waals surface area contributed by atoms with Crippen molar-refractivity contribution in [2.75, 3.05) is 31.9 Å². The number of hydrogen-bond donors (Lipinski definition) is 1. The first kappa shape index (κ1) is 16.4. The van der Waals surface area contributed by atoms with Crippen LogP contribution >= 0.6 is 0 Å². The molecule has 3 heterocycles. The molecule has 136 valence electrons. The zero-order chi connectivity index (χ0) is 17.6. The number of anilines is 1. The second-order valence-electron chi connectivity index (χ2n) is 8.05. The molecule has 2 saturated heterocycles. The van der Waals surface area contributed by atoms with Crippen molar-refractivity contribution in [1.82, 2.24) is 24.6 Å². The molecule has 8 nitrogen and oxygen atoms in total. The van der Waals surface area contributed by atoms with Crippen molar-refractivity contribution in [3.63, 3.8) is 0 Å². The Hall–Kier alpha value is -2.12. The second-order valence-corrected chi connectivity index (χ2v) is 8.05. The fourth-order valence-corrected chi connectivity index (χ4v) is 4.16. The molecule has 25 heavy (non-hydrogen) atoms. The SMILES string of the molecule is CC1(C(=O)N2CCC3CN(C(=O)Cn4cnc(N)n4)CCC3C2)CC1. The molecule has 1 aliphatic carbocycles. The quantitative estimate of drug-likeness (QED) is 0.852. The van der Waals surface area contributed by atoms with Gasteiger partial charge >= 0.3 is 0 Å². The lowest BCUT2D eigenvalue weighted by Gasteiger charge is -2.45. The first-order valence-electron chi connectivity index (χ1n) is 9.17. The molecule has 2 aliphatic heterocycles. The number of rotatable bonds is 3. The lowest BCUT2D eigenvalue weighted by Crippen LogP contribution is -2.53. The smallest absolute Gasteiger partial charge is 0.244 e. The molecule has 2 amide bonds. The number of piperidine rings is 2. The van der Waals surface area contributed by atoms with Gasteiger partial charge in [0.2, 0.25) is 17.8 Å². The highest BCUT2D eigenvalue weighted by Gasteiger charge is 2.48. The van der Waals surface area contributed by atoms with E-state index in [1.807, 2.05) is 4.90 Å². The van der Waals surface area contributed by atoms with Crippen molar-refractivity contribution in [2.24, 2.45) is 17.3 Å². The third-order valence-electron chi connectivity index (χ3n) is 6.12. The number of amides is 2. The van der Waals surface area contributed by atoms with Gasteiger partial charge in [0.25, 0.3) is 0 Å². The molecule has 8 heteroatoms. The van der Waals surface area contributed by atoms with E-state index in [4.69, 9.17) is 5.73 Å². The number of carbonyl (C=O) groups excluding carboxylic acids is 2. The van der Waals surface area contributed by atoms with E-state index in [-0.39, 0.29) is 23.8 Å². The largest absolute Gasteiger partial charge is 0.367 e. The summed E-state index contributed by atoms with van der Waals surface area (Å²) in [5, 5.41) is 3.98. The molecule has 0 aromatic carbocycles. The van der Waals surface area contributed by atoms with Crippen LogP contribution in [0.15, 0.2) is 6.33 Å². The fourth-order valence-electron chi connectivity index (χ4n) is 4.16. The summed E-state index contributed by atoms with van der Waals surface area (Å²) < 4.78 is 1.49. The van der Waals surface area contributed by atoms with Crippen molar-refractivity contribution in [3.05, 3.63) is 6.33 Å². The van der Waals surface area contributed by atoms with Gasteiger partial charge in [-0.15, -0.1) is 5.10 Å². The first-order chi connectivity index (χ1) is 11.9. The molecular formula is C17H26N6O2. The number of likely N-dealkylation sites (tertiary alicyclic amines) is 2. The Morgan fingerprint density at radius 3 is 2.44 bits per heavy atom. The van der Waals surface area contributed by atoms with Gasteiger partial charge < -0.3 is 15.5 Å². The number of nitrogens with zero attached hydrogens (tertiary/aromatic N) is 5. The number of nitrogen functional groups attached to an aromatic ring is 1. The highest BCUT2D eigenvalue weighted by Crippen LogP contribution is 2.47. The zero-order valence-corrected chi connectivity index (χ0v) is 14.7. The zero-order valence-electron chi connectivity index (χ0n) is 14.7. The summed E-state index contributed by atoms with van der Waals surface area (Å²) in [5.74, 6) is 1.61. The van der Waals surface area contributed by atoms with Gasteiger partial charge in [0.15, 0.2) is 0 Å². The molecule has 2 N–H and O–H groups in total. The van der Waals surface area contributed by atoms with Crippen LogP contribution in [0.4, 0.5) is 5.95 Å². The average Bonchev–Trinajstić information content (AvgIpc) is 3.24. The highest BCUT2D eigenvalue weighted by atomic mass is 16.2. The maximum atomic E-state index is 12.6. The standard InChI is InChI=1S/C17H26N6O2/c1-17(4-5-17)15(25)22-7-3-12-8-21(6-2-13(12)9-22)14(24)10-23-11-19-16(18)20-23/h11-13H,2-10H2,1H3,(H2,18,20). The molecule has 1 saturated carbocycles. The van der Waals surface area contributed by atoms with Crippen molar-refractivity contribution >= 4 is 17.8 Å². The van der Waals surface area contributed by atoms with E-state index in [1.165, 1.54) is 11.0 Å². The summed E-state index contributed by atoms with van der Waals surface area (Å²) >= 11 is 0. The lowest BCUT2D eigenvalue weighted by atomic mass is 9.79. The molecule has 1 aromatic heterocycles. The Balaban J connectivity index is 1.32. The maximum absolute atomic E-state index is 12.6. The van der Waals surface area contributed by atoms with E-state index >= 15 is 0 Å². The van der Waals surface area contributed by atoms with Gasteiger partial charge in [-0.25, -0.2) is 9.67 Å². The predicted molar refractivity (Wildman–Crippen MR) is 91.1 cm³/mol. The van der Waals surface area contributed by atoms with Gasteiger partial charge in [0.1, 0.15) is 12.9 Å². The van der Waals surface area contributed by atoms with Crippen LogP contribution in [0, 0.1) is 17.3 Å². The Morgan fingerprint density at radius 2 is 1.84 bits per heavy atom. The Labute approximate surface area is 147 Å². The van der Waals surface area contributed by atoms with E-state index in [1.54, 1.807) is 0 Å². The molecule has 4 rings (SSSR count). The minimum Gasteiger partial charge on any atom is -0.367 e. The number of carbonyl (C=O) groups is 2. The van der Waals surface area contributed by atoms with Crippen LogP contribution in [0.5, 0.6) is 0 Å². The van der Waals surface area contributed by atoms with Crippen molar-refractivity contribution in [3.8, 4) is 0 Å². The molecule has 0 radical (unpaired) electrons. The van der Waals surface area contributed by atoms with Crippen LogP contribution in [0.25, 0.3) is 0 Å². The molecule has 3 fully saturated rings. The monoisotopic (exact) mass is 346 g/mol. The van der Waals surface area contributed by atoms with Crippen molar-refractivity contribution < 1.29 is 9.59 Å². The minimum atomic E-state index is -0.0802. The highest BCUT2D eigenvalue weighted by molar-refractivity contribution is 5.85. The van der Waals surface area contributed by atoms with Crippen LogP contribution in [-0.4, -0.2) is 62.6 Å². The number of aromatic nitrogens is 3. The molecular weight excluding hydrogens is 320 g/mol. The van der Waals surface area contributed by atoms with Gasteiger partial charge in [-0.05, 0) is 37.5 Å². The van der Waals surface area contributed by atoms with Crippen LogP contribution in [-0.2, 0) is 16.1 Å². The molecule has 1 aromatic rings. The summed E-state index contributed by atoms with van der Waals surface area (Å²) in [7, 11) is 0. The molecule has 0 bridgehead atoms. The third kappa shape index (κ3) is 3.21. The Bertz CT molecular complexity index is 682. The summed E-state index contributed by atoms with van der Waals surface area (Å²) in [6.07, 6.45) is 5.52. The van der Waals surface area contributed by atoms with E-state index in [9.17, 15) is 9.59 Å². The van der Waals surface area contributed by atoms with Gasteiger partial charge in [-0.1, -0.05) is 6.92 Å². The predicted octanol–water partition coefficient (Wildman–Crippen LogP) is 0.357. The summed E-state index contributed by atoms with van der Waals surface area (Å²) in [5.41, 5.74) is 5.41. The van der Waals surface area contributed by atoms with Gasteiger partial charge in [0, 0.05) is 31.6 Å².